The second-order valence-corrected chi connectivity index (χ2v) is 9.43. The lowest BCUT2D eigenvalue weighted by atomic mass is 9.92. The van der Waals surface area contributed by atoms with Gasteiger partial charge in [-0.25, -0.2) is 14.5 Å². The fourth-order valence-electron chi connectivity index (χ4n) is 2.72. The van der Waals surface area contributed by atoms with E-state index in [0.29, 0.717) is 16.5 Å². The normalized spacial score (nSPS) is 11.6. The highest BCUT2D eigenvalue weighted by Gasteiger charge is 2.24. The molecule has 2 N–H and O–H groups in total. The van der Waals surface area contributed by atoms with Gasteiger partial charge in [0, 0.05) is 31.0 Å². The molecular formula is C19H26ClN5O3S. The maximum atomic E-state index is 12.6. The Labute approximate surface area is 176 Å². The van der Waals surface area contributed by atoms with E-state index in [9.17, 15) is 13.2 Å². The molecule has 0 saturated carbocycles. The molecule has 8 nitrogen and oxygen atoms in total. The molecule has 1 aromatic carbocycles. The predicted octanol–water partition coefficient (Wildman–Crippen LogP) is 3.95. The van der Waals surface area contributed by atoms with Crippen molar-refractivity contribution in [3.05, 3.63) is 40.5 Å². The van der Waals surface area contributed by atoms with Gasteiger partial charge < -0.3 is 10.2 Å². The third-order valence-electron chi connectivity index (χ3n) is 4.19. The minimum absolute atomic E-state index is 0.0678. The van der Waals surface area contributed by atoms with Crippen LogP contribution in [0, 0.1) is 0 Å². The van der Waals surface area contributed by atoms with Gasteiger partial charge in [0.15, 0.2) is 0 Å². The zero-order valence-electron chi connectivity index (χ0n) is 17.3. The van der Waals surface area contributed by atoms with E-state index in [1.165, 1.54) is 6.20 Å². The zero-order chi connectivity index (χ0) is 21.9. The second kappa shape index (κ2) is 8.96. The number of anilines is 2. The Morgan fingerprint density at radius 1 is 1.10 bits per heavy atom. The van der Waals surface area contributed by atoms with Gasteiger partial charge in [-0.1, -0.05) is 39.3 Å². The molecule has 0 unspecified atom stereocenters. The number of halogens is 1. The van der Waals surface area contributed by atoms with Crippen LogP contribution in [0.4, 0.5) is 16.3 Å². The number of hydrogen-bond acceptors (Lipinski definition) is 6. The van der Waals surface area contributed by atoms with E-state index < -0.39 is 21.2 Å². The first-order chi connectivity index (χ1) is 13.4. The van der Waals surface area contributed by atoms with Crippen molar-refractivity contribution in [3.8, 4) is 0 Å². The van der Waals surface area contributed by atoms with Gasteiger partial charge in [0.2, 0.25) is 0 Å². The number of benzene rings is 1. The lowest BCUT2D eigenvalue weighted by molar-refractivity contribution is 0.256. The Morgan fingerprint density at radius 2 is 1.66 bits per heavy atom. The Bertz CT molecular complexity index is 978. The summed E-state index contributed by atoms with van der Waals surface area (Å²) in [5, 5.41) is 2.76. The third-order valence-corrected chi connectivity index (χ3v) is 5.54. The summed E-state index contributed by atoms with van der Waals surface area (Å²) in [6.45, 7) is 7.87. The molecular weight excluding hydrogens is 414 g/mol. The molecule has 10 heteroatoms. The van der Waals surface area contributed by atoms with Crippen LogP contribution in [0.2, 0.25) is 5.02 Å². The van der Waals surface area contributed by atoms with Gasteiger partial charge in [-0.3, -0.25) is 0 Å². The number of nitrogens with zero attached hydrogens (tertiary/aromatic N) is 3. The van der Waals surface area contributed by atoms with Gasteiger partial charge in [-0.15, -0.1) is 0 Å². The third kappa shape index (κ3) is 5.57. The number of amides is 2. The number of hydrogen-bond donors (Lipinski definition) is 2. The molecule has 0 aliphatic rings. The minimum atomic E-state index is -4.25. The first-order valence-electron chi connectivity index (χ1n) is 9.10. The van der Waals surface area contributed by atoms with Crippen LogP contribution in [0.1, 0.15) is 50.7 Å². The number of nitrogens with one attached hydrogen (secondary N) is 2. The largest absolute Gasteiger partial charge is 0.363 e. The molecule has 29 heavy (non-hydrogen) atoms. The van der Waals surface area contributed by atoms with Gasteiger partial charge >= 0.3 is 16.1 Å². The van der Waals surface area contributed by atoms with E-state index in [0.717, 1.165) is 11.1 Å². The molecule has 0 saturated heterocycles. The lowest BCUT2D eigenvalue weighted by Gasteiger charge is -2.21. The Balaban J connectivity index is 2.35. The van der Waals surface area contributed by atoms with E-state index in [-0.39, 0.29) is 11.8 Å². The van der Waals surface area contributed by atoms with Crippen LogP contribution in [-0.2, 0) is 10.0 Å². The molecule has 158 valence electrons. The lowest BCUT2D eigenvalue weighted by Crippen LogP contribution is -2.36. The molecule has 0 aliphatic carbocycles. The smallest absolute Gasteiger partial charge is 0.333 e. The van der Waals surface area contributed by atoms with Crippen LogP contribution in [0.15, 0.2) is 29.6 Å². The highest BCUT2D eigenvalue weighted by Crippen LogP contribution is 2.35. The number of sulfonamides is 1. The fourth-order valence-corrected chi connectivity index (χ4v) is 3.76. The van der Waals surface area contributed by atoms with Crippen molar-refractivity contribution in [3.63, 3.8) is 0 Å². The Morgan fingerprint density at radius 3 is 2.14 bits per heavy atom. The van der Waals surface area contributed by atoms with Gasteiger partial charge in [-0.05, 0) is 41.2 Å². The number of aromatic nitrogens is 2. The molecule has 0 spiro atoms. The van der Waals surface area contributed by atoms with Crippen LogP contribution in [-0.4, -0.2) is 38.5 Å². The molecule has 2 rings (SSSR count). The fraction of sp³-hybridized carbons (Fsp3) is 0.421. The van der Waals surface area contributed by atoms with E-state index >= 15 is 0 Å². The van der Waals surface area contributed by atoms with Gasteiger partial charge in [0.25, 0.3) is 5.16 Å². The average Bonchev–Trinajstić information content (AvgIpc) is 2.62. The van der Waals surface area contributed by atoms with E-state index in [1.54, 1.807) is 37.2 Å². The van der Waals surface area contributed by atoms with Crippen LogP contribution < -0.4 is 14.9 Å². The Hall–Kier alpha value is -2.39. The summed E-state index contributed by atoms with van der Waals surface area (Å²) in [5.41, 5.74) is 2.19. The molecule has 1 heterocycles. The number of carbonyl (C=O) groups excluding carboxylic acids is 1. The quantitative estimate of drug-likeness (QED) is 0.660. The van der Waals surface area contributed by atoms with Gasteiger partial charge in [0.05, 0.1) is 0 Å². The van der Waals surface area contributed by atoms with E-state index in [1.807, 2.05) is 32.4 Å². The highest BCUT2D eigenvalue weighted by atomic mass is 35.5. The van der Waals surface area contributed by atoms with Crippen molar-refractivity contribution in [1.29, 1.82) is 0 Å². The van der Waals surface area contributed by atoms with Gasteiger partial charge in [-0.2, -0.15) is 13.4 Å². The maximum absolute atomic E-state index is 12.6. The summed E-state index contributed by atoms with van der Waals surface area (Å²) >= 11 is 6.23. The molecule has 2 aromatic rings. The van der Waals surface area contributed by atoms with Crippen molar-refractivity contribution in [1.82, 2.24) is 14.7 Å². The van der Waals surface area contributed by atoms with Crippen molar-refractivity contribution < 1.29 is 13.2 Å². The Kier molecular flexibility index (Phi) is 7.07. The standard InChI is InChI=1S/C19H26ClN5O3S/c1-11(2)14-9-13(20)10-15(12(3)4)17(14)23-18(26)24-29(27,28)19-21-8-7-16(22-19)25(5)6/h7-12H,1-6H3,(H2,23,24,26). The van der Waals surface area contributed by atoms with Gasteiger partial charge in [0.1, 0.15) is 5.82 Å². The molecule has 0 bridgehead atoms. The van der Waals surface area contributed by atoms with E-state index in [4.69, 9.17) is 11.6 Å². The second-order valence-electron chi connectivity index (χ2n) is 7.42. The van der Waals surface area contributed by atoms with Crippen molar-refractivity contribution >= 4 is 39.2 Å². The summed E-state index contributed by atoms with van der Waals surface area (Å²) in [5.74, 6) is 0.541. The van der Waals surface area contributed by atoms with Crippen LogP contribution in [0.3, 0.4) is 0 Å². The van der Waals surface area contributed by atoms with Crippen molar-refractivity contribution in [2.45, 2.75) is 44.7 Å². The predicted molar refractivity (Wildman–Crippen MR) is 115 cm³/mol. The highest BCUT2D eigenvalue weighted by molar-refractivity contribution is 7.89. The zero-order valence-corrected chi connectivity index (χ0v) is 18.9. The summed E-state index contributed by atoms with van der Waals surface area (Å²) in [7, 11) is -0.802. The summed E-state index contributed by atoms with van der Waals surface area (Å²) in [6, 6.07) is 4.21. The van der Waals surface area contributed by atoms with Crippen LogP contribution in [0.5, 0.6) is 0 Å². The average molecular weight is 440 g/mol. The maximum Gasteiger partial charge on any atom is 0.333 e. The van der Waals surface area contributed by atoms with Crippen LogP contribution in [0.25, 0.3) is 0 Å². The van der Waals surface area contributed by atoms with Crippen molar-refractivity contribution in [2.24, 2.45) is 0 Å². The molecule has 0 aliphatic heterocycles. The minimum Gasteiger partial charge on any atom is -0.363 e. The molecule has 0 atom stereocenters. The van der Waals surface area contributed by atoms with Crippen LogP contribution >= 0.6 is 11.6 Å². The number of carbonyl (C=O) groups is 1. The molecule has 2 amide bonds. The SMILES string of the molecule is CC(C)c1cc(Cl)cc(C(C)C)c1NC(=O)NS(=O)(=O)c1nccc(N(C)C)n1. The first kappa shape index (κ1) is 22.9. The summed E-state index contributed by atoms with van der Waals surface area (Å²) < 4.78 is 27.1. The summed E-state index contributed by atoms with van der Waals surface area (Å²) in [6.07, 6.45) is 1.32. The summed E-state index contributed by atoms with van der Waals surface area (Å²) in [4.78, 5) is 21.9. The molecule has 1 aromatic heterocycles. The number of rotatable bonds is 6. The first-order valence-corrected chi connectivity index (χ1v) is 11.0. The number of urea groups is 1. The van der Waals surface area contributed by atoms with Crippen molar-refractivity contribution in [2.75, 3.05) is 24.3 Å². The molecule has 0 radical (unpaired) electrons. The monoisotopic (exact) mass is 439 g/mol. The molecule has 0 fully saturated rings. The van der Waals surface area contributed by atoms with E-state index in [2.05, 4.69) is 15.3 Å². The topological polar surface area (TPSA) is 104 Å².